The van der Waals surface area contributed by atoms with E-state index in [-0.39, 0.29) is 11.9 Å². The van der Waals surface area contributed by atoms with E-state index < -0.39 is 0 Å². The van der Waals surface area contributed by atoms with Crippen molar-refractivity contribution < 1.29 is 4.79 Å². The minimum absolute atomic E-state index is 0.128. The number of aromatic nitrogens is 6. The Hall–Kier alpha value is -3.81. The number of nitrogens with zero attached hydrogens (tertiary/aromatic N) is 6. The van der Waals surface area contributed by atoms with Crippen molar-refractivity contribution in [3.05, 3.63) is 85.0 Å². The molecule has 2 heterocycles. The molecule has 27 heavy (non-hydrogen) atoms. The quantitative estimate of drug-likeness (QED) is 0.591. The molecule has 4 rings (SSSR count). The Kier molecular flexibility index (Phi) is 4.44. The van der Waals surface area contributed by atoms with Crippen LogP contribution in [0.15, 0.2) is 73.8 Å². The van der Waals surface area contributed by atoms with Crippen LogP contribution in [0, 0.1) is 0 Å². The molecule has 2 aromatic heterocycles. The summed E-state index contributed by atoms with van der Waals surface area (Å²) in [5.74, 6) is -0.131. The van der Waals surface area contributed by atoms with E-state index in [1.54, 1.807) is 34.2 Å². The van der Waals surface area contributed by atoms with Crippen molar-refractivity contribution in [2.24, 2.45) is 0 Å². The lowest BCUT2D eigenvalue weighted by Crippen LogP contribution is -2.26. The molecule has 0 radical (unpaired) electrons. The van der Waals surface area contributed by atoms with Gasteiger partial charge in [-0.3, -0.25) is 4.79 Å². The molecule has 0 fully saturated rings. The molecule has 8 heteroatoms. The van der Waals surface area contributed by atoms with Gasteiger partial charge in [-0.05, 0) is 48.9 Å². The van der Waals surface area contributed by atoms with Crippen LogP contribution >= 0.6 is 0 Å². The van der Waals surface area contributed by atoms with Crippen LogP contribution in [0.3, 0.4) is 0 Å². The minimum atomic E-state index is -0.131. The van der Waals surface area contributed by atoms with Gasteiger partial charge in [0.1, 0.15) is 25.3 Å². The zero-order valence-electron chi connectivity index (χ0n) is 14.6. The molecular formula is C19H17N7O. The first-order chi connectivity index (χ1) is 13.2. The smallest absolute Gasteiger partial charge is 0.251 e. The van der Waals surface area contributed by atoms with E-state index in [4.69, 9.17) is 0 Å². The van der Waals surface area contributed by atoms with Gasteiger partial charge >= 0.3 is 0 Å². The second-order valence-electron chi connectivity index (χ2n) is 6.01. The van der Waals surface area contributed by atoms with E-state index >= 15 is 0 Å². The van der Waals surface area contributed by atoms with Crippen molar-refractivity contribution in [3.63, 3.8) is 0 Å². The summed E-state index contributed by atoms with van der Waals surface area (Å²) < 4.78 is 3.32. The van der Waals surface area contributed by atoms with Gasteiger partial charge in [0.15, 0.2) is 0 Å². The fourth-order valence-corrected chi connectivity index (χ4v) is 2.73. The summed E-state index contributed by atoms with van der Waals surface area (Å²) in [6.07, 6.45) is 6.21. The number of nitrogens with one attached hydrogen (secondary N) is 1. The zero-order valence-corrected chi connectivity index (χ0v) is 14.6. The highest BCUT2D eigenvalue weighted by Gasteiger charge is 2.12. The summed E-state index contributed by atoms with van der Waals surface area (Å²) in [5.41, 5.74) is 3.36. The topological polar surface area (TPSA) is 90.5 Å². The predicted molar refractivity (Wildman–Crippen MR) is 98.6 cm³/mol. The van der Waals surface area contributed by atoms with E-state index in [2.05, 4.69) is 25.5 Å². The highest BCUT2D eigenvalue weighted by atomic mass is 16.1. The Morgan fingerprint density at radius 1 is 0.852 bits per heavy atom. The van der Waals surface area contributed by atoms with Crippen molar-refractivity contribution in [2.75, 3.05) is 0 Å². The van der Waals surface area contributed by atoms with Gasteiger partial charge < -0.3 is 5.32 Å². The molecular weight excluding hydrogens is 342 g/mol. The molecule has 1 N–H and O–H groups in total. The van der Waals surface area contributed by atoms with Gasteiger partial charge in [-0.1, -0.05) is 12.1 Å². The van der Waals surface area contributed by atoms with Crippen molar-refractivity contribution in [1.82, 2.24) is 34.8 Å². The maximum absolute atomic E-state index is 12.5. The summed E-state index contributed by atoms with van der Waals surface area (Å²) in [5, 5.41) is 11.2. The minimum Gasteiger partial charge on any atom is -0.346 e. The molecule has 0 spiro atoms. The lowest BCUT2D eigenvalue weighted by atomic mass is 10.1. The molecule has 0 saturated carbocycles. The van der Waals surface area contributed by atoms with Gasteiger partial charge in [-0.25, -0.2) is 19.3 Å². The fourth-order valence-electron chi connectivity index (χ4n) is 2.73. The van der Waals surface area contributed by atoms with Crippen LogP contribution < -0.4 is 5.32 Å². The van der Waals surface area contributed by atoms with Crippen LogP contribution in [0.5, 0.6) is 0 Å². The summed E-state index contributed by atoms with van der Waals surface area (Å²) in [6.45, 7) is 1.95. The van der Waals surface area contributed by atoms with Crippen LogP contribution in [0.4, 0.5) is 0 Å². The van der Waals surface area contributed by atoms with E-state index in [1.807, 2.05) is 43.3 Å². The van der Waals surface area contributed by atoms with Gasteiger partial charge in [-0.15, -0.1) is 0 Å². The van der Waals surface area contributed by atoms with Crippen LogP contribution in [-0.2, 0) is 0 Å². The Bertz CT molecular complexity index is 1010. The molecule has 1 unspecified atom stereocenters. The van der Waals surface area contributed by atoms with Gasteiger partial charge in [0, 0.05) is 5.56 Å². The monoisotopic (exact) mass is 359 g/mol. The number of benzene rings is 2. The standard InChI is InChI=1S/C19H17N7O/c1-14(15-2-6-17(7-3-15)25-12-20-10-22-25)24-19(27)16-4-8-18(9-5-16)26-13-21-11-23-26/h2-14H,1H3,(H,24,27). The zero-order chi connectivity index (χ0) is 18.6. The number of hydrogen-bond donors (Lipinski definition) is 1. The highest BCUT2D eigenvalue weighted by molar-refractivity contribution is 5.94. The average molecular weight is 359 g/mol. The predicted octanol–water partition coefficient (Wildman–Crippen LogP) is 2.34. The second kappa shape index (κ2) is 7.20. The molecule has 0 aliphatic rings. The maximum Gasteiger partial charge on any atom is 0.251 e. The maximum atomic E-state index is 12.5. The first-order valence-electron chi connectivity index (χ1n) is 8.41. The number of carbonyl (C=O) groups is 1. The molecule has 134 valence electrons. The summed E-state index contributed by atoms with van der Waals surface area (Å²) in [4.78, 5) is 20.4. The van der Waals surface area contributed by atoms with E-state index in [1.165, 1.54) is 12.7 Å². The molecule has 0 saturated heterocycles. The van der Waals surface area contributed by atoms with Gasteiger partial charge in [0.05, 0.1) is 17.4 Å². The average Bonchev–Trinajstić information content (AvgIpc) is 3.42. The van der Waals surface area contributed by atoms with Gasteiger partial charge in [0.25, 0.3) is 5.91 Å². The van der Waals surface area contributed by atoms with Gasteiger partial charge in [0.2, 0.25) is 0 Å². The van der Waals surface area contributed by atoms with E-state index in [0.29, 0.717) is 5.56 Å². The first kappa shape index (κ1) is 16.6. The van der Waals surface area contributed by atoms with E-state index in [9.17, 15) is 4.79 Å². The number of hydrogen-bond acceptors (Lipinski definition) is 5. The molecule has 4 aromatic rings. The van der Waals surface area contributed by atoms with Crippen LogP contribution in [0.1, 0.15) is 28.9 Å². The molecule has 2 aromatic carbocycles. The number of rotatable bonds is 5. The molecule has 0 aliphatic heterocycles. The van der Waals surface area contributed by atoms with Crippen molar-refractivity contribution in [3.8, 4) is 11.4 Å². The van der Waals surface area contributed by atoms with Crippen molar-refractivity contribution in [1.29, 1.82) is 0 Å². The third-order valence-corrected chi connectivity index (χ3v) is 4.24. The Morgan fingerprint density at radius 2 is 1.37 bits per heavy atom. The Labute approximate surface area is 155 Å². The third-order valence-electron chi connectivity index (χ3n) is 4.24. The first-order valence-corrected chi connectivity index (χ1v) is 8.41. The largest absolute Gasteiger partial charge is 0.346 e. The van der Waals surface area contributed by atoms with Crippen LogP contribution in [0.25, 0.3) is 11.4 Å². The van der Waals surface area contributed by atoms with Crippen molar-refractivity contribution >= 4 is 5.91 Å². The summed E-state index contributed by atoms with van der Waals surface area (Å²) in [7, 11) is 0. The van der Waals surface area contributed by atoms with Crippen molar-refractivity contribution in [2.45, 2.75) is 13.0 Å². The summed E-state index contributed by atoms with van der Waals surface area (Å²) in [6, 6.07) is 14.9. The number of amides is 1. The highest BCUT2D eigenvalue weighted by Crippen LogP contribution is 2.16. The van der Waals surface area contributed by atoms with Crippen LogP contribution in [-0.4, -0.2) is 35.4 Å². The molecule has 0 bridgehead atoms. The second-order valence-corrected chi connectivity index (χ2v) is 6.01. The molecule has 8 nitrogen and oxygen atoms in total. The Balaban J connectivity index is 1.43. The summed E-state index contributed by atoms with van der Waals surface area (Å²) >= 11 is 0. The SMILES string of the molecule is CC(NC(=O)c1ccc(-n2cncn2)cc1)c1ccc(-n2cncn2)cc1. The van der Waals surface area contributed by atoms with Gasteiger partial charge in [-0.2, -0.15) is 10.2 Å². The number of carbonyl (C=O) groups excluding carboxylic acids is 1. The molecule has 1 atom stereocenters. The normalized spacial score (nSPS) is 11.9. The lowest BCUT2D eigenvalue weighted by molar-refractivity contribution is 0.0940. The molecule has 0 aliphatic carbocycles. The lowest BCUT2D eigenvalue weighted by Gasteiger charge is -2.15. The van der Waals surface area contributed by atoms with E-state index in [0.717, 1.165) is 16.9 Å². The molecule has 1 amide bonds. The van der Waals surface area contributed by atoms with Crippen LogP contribution in [0.2, 0.25) is 0 Å². The Morgan fingerprint density at radius 3 is 1.85 bits per heavy atom. The third kappa shape index (κ3) is 3.59. The fraction of sp³-hybridized carbons (Fsp3) is 0.105.